The predicted octanol–water partition coefficient (Wildman–Crippen LogP) is 6.45. The second kappa shape index (κ2) is 15.5. The topological polar surface area (TPSA) is 199 Å². The summed E-state index contributed by atoms with van der Waals surface area (Å²) in [5, 5.41) is 35.3. The second-order valence-electron chi connectivity index (χ2n) is 9.07. The third-order valence-electron chi connectivity index (χ3n) is 5.92. The first-order valence-electron chi connectivity index (χ1n) is 12.0. The number of hydrogen-bond acceptors (Lipinski definition) is 10. The van der Waals surface area contributed by atoms with Gasteiger partial charge in [-0.15, -0.1) is 0 Å². The molecule has 44 heavy (non-hydrogen) atoms. The molecular weight excluding hydrogens is 630 g/mol. The normalized spacial score (nSPS) is 12.0. The molecule has 0 fully saturated rings. The molecule has 4 N–H and O–H groups in total. The number of nitrogens with zero attached hydrogens (tertiary/aromatic N) is 4. The third-order valence-corrected chi connectivity index (χ3v) is 7.73. The largest absolute Gasteiger partial charge is 0.508 e. The van der Waals surface area contributed by atoms with Crippen molar-refractivity contribution in [2.24, 2.45) is 20.5 Å². The fourth-order valence-electron chi connectivity index (χ4n) is 3.71. The number of azo groups is 2. The zero-order valence-corrected chi connectivity index (χ0v) is 29.7. The van der Waals surface area contributed by atoms with E-state index in [9.17, 15) is 36.2 Å². The molecule has 0 aromatic heterocycles. The summed E-state index contributed by atoms with van der Waals surface area (Å²) in [6.07, 6.45) is 2.50. The van der Waals surface area contributed by atoms with Gasteiger partial charge >= 0.3 is 0 Å². The van der Waals surface area contributed by atoms with Crippen molar-refractivity contribution >= 4 is 114 Å². The van der Waals surface area contributed by atoms with Crippen LogP contribution in [0.1, 0.15) is 22.3 Å². The molecule has 0 saturated heterocycles. The van der Waals surface area contributed by atoms with Crippen molar-refractivity contribution in [3.8, 4) is 11.5 Å². The van der Waals surface area contributed by atoms with Crippen molar-refractivity contribution in [2.45, 2.75) is 23.6 Å². The zero-order valence-electron chi connectivity index (χ0n) is 24.1. The molecule has 0 amide bonds. The number of phenolic OH excluding ortho intramolecular Hbond substituents is 2. The number of rotatable bonds is 8. The van der Waals surface area contributed by atoms with E-state index in [2.05, 4.69) is 20.5 Å². The van der Waals surface area contributed by atoms with E-state index < -0.39 is 30.0 Å². The average Bonchev–Trinajstić information content (AvgIpc) is 2.92. The molecule has 0 atom stereocenters. The summed E-state index contributed by atoms with van der Waals surface area (Å²) in [5.41, 5.74) is 2.15. The van der Waals surface area contributed by atoms with Crippen LogP contribution in [0.2, 0.25) is 0 Å². The molecule has 0 heterocycles. The van der Waals surface area contributed by atoms with Gasteiger partial charge in [0, 0.05) is 59.1 Å². The van der Waals surface area contributed by atoms with Crippen molar-refractivity contribution in [2.75, 3.05) is 0 Å². The molecule has 4 aromatic rings. The molecule has 218 valence electrons. The second-order valence-corrected chi connectivity index (χ2v) is 11.8. The molecule has 0 aliphatic rings. The van der Waals surface area contributed by atoms with Crippen LogP contribution in [0.25, 0.3) is 12.2 Å². The van der Waals surface area contributed by atoms with Crippen LogP contribution in [0, 0.1) is 13.8 Å². The standard InChI is InChI=1S/C28H24N4O8S2.2Na/c1-17-13-21(9-11-25(17)33)29-31-23-7-5-19(27(15-23)41(35,36)37)3-4-20-6-8-24(16-28(20)42(38,39)40)32-30-22-10-12-26(34)18(2)14-22;;/h3-16,33-34H,1-2H3,(H,35,36,37)(H,38,39,40);;. The summed E-state index contributed by atoms with van der Waals surface area (Å²) in [6, 6.07) is 16.8. The van der Waals surface area contributed by atoms with Gasteiger partial charge in [-0.3, -0.25) is 9.11 Å². The maximum atomic E-state index is 12.1. The van der Waals surface area contributed by atoms with E-state index in [-0.39, 0.29) is 93.1 Å². The first kappa shape index (κ1) is 37.4. The van der Waals surface area contributed by atoms with E-state index >= 15 is 0 Å². The van der Waals surface area contributed by atoms with Crippen LogP contribution in [0.15, 0.2) is 103 Å². The predicted molar refractivity (Wildman–Crippen MR) is 167 cm³/mol. The minimum absolute atomic E-state index is 0. The van der Waals surface area contributed by atoms with Crippen molar-refractivity contribution < 1.29 is 36.2 Å². The monoisotopic (exact) mass is 654 g/mol. The summed E-state index contributed by atoms with van der Waals surface area (Å²) >= 11 is 0. The van der Waals surface area contributed by atoms with Gasteiger partial charge in [-0.2, -0.15) is 37.3 Å². The van der Waals surface area contributed by atoms with Crippen LogP contribution in [0.5, 0.6) is 11.5 Å². The number of aryl methyl sites for hydroxylation is 2. The maximum Gasteiger partial charge on any atom is 0.295 e. The Labute approximate surface area is 298 Å². The molecule has 0 saturated carbocycles. The van der Waals surface area contributed by atoms with E-state index in [0.717, 1.165) is 12.1 Å². The van der Waals surface area contributed by atoms with Crippen LogP contribution in [-0.4, -0.2) is 95.3 Å². The summed E-state index contributed by atoms with van der Waals surface area (Å²) in [5.74, 6) is 0.165. The Morgan fingerprint density at radius 1 is 0.523 bits per heavy atom. The van der Waals surface area contributed by atoms with Gasteiger partial charge in [-0.05, 0) is 96.8 Å². The first-order valence-corrected chi connectivity index (χ1v) is 14.9. The number of aromatic hydroxyl groups is 2. The third kappa shape index (κ3) is 9.87. The van der Waals surface area contributed by atoms with Crippen LogP contribution in [-0.2, 0) is 20.2 Å². The van der Waals surface area contributed by atoms with E-state index in [1.54, 1.807) is 26.0 Å². The van der Waals surface area contributed by atoms with Crippen molar-refractivity contribution in [1.82, 2.24) is 0 Å². The van der Waals surface area contributed by atoms with E-state index in [4.69, 9.17) is 0 Å². The molecule has 16 heteroatoms. The number of hydrogen-bond donors (Lipinski definition) is 4. The molecular formula is C28H24N4Na2O8S2. The molecule has 4 aromatic carbocycles. The SMILES string of the molecule is Cc1cc(N=Nc2ccc(C=Cc3ccc(N=Nc4ccc(O)c(C)c4)cc3S(=O)(=O)O)c(S(=O)(=O)O)c2)ccc1O.[Na].[Na]. The fourth-order valence-corrected chi connectivity index (χ4v) is 5.11. The van der Waals surface area contributed by atoms with E-state index in [1.165, 1.54) is 60.7 Å². The quantitative estimate of drug-likeness (QED) is 0.0719. The van der Waals surface area contributed by atoms with Crippen molar-refractivity contribution in [3.63, 3.8) is 0 Å². The van der Waals surface area contributed by atoms with Crippen LogP contribution in [0.4, 0.5) is 22.7 Å². The summed E-state index contributed by atoms with van der Waals surface area (Å²) in [7, 11) is -9.47. The van der Waals surface area contributed by atoms with Gasteiger partial charge in [0.25, 0.3) is 20.2 Å². The molecule has 0 aliphatic heterocycles. The van der Waals surface area contributed by atoms with Gasteiger partial charge in [0.15, 0.2) is 0 Å². The van der Waals surface area contributed by atoms with Gasteiger partial charge in [-0.1, -0.05) is 24.3 Å². The van der Waals surface area contributed by atoms with Gasteiger partial charge in [-0.25, -0.2) is 0 Å². The fraction of sp³-hybridized carbons (Fsp3) is 0.0714. The minimum atomic E-state index is -4.74. The Bertz CT molecular complexity index is 1860. The molecule has 0 unspecified atom stereocenters. The molecule has 0 aliphatic carbocycles. The molecule has 12 nitrogen and oxygen atoms in total. The molecule has 0 spiro atoms. The van der Waals surface area contributed by atoms with Gasteiger partial charge in [0.2, 0.25) is 0 Å². The van der Waals surface area contributed by atoms with Gasteiger partial charge < -0.3 is 10.2 Å². The van der Waals surface area contributed by atoms with Crippen LogP contribution < -0.4 is 0 Å². The van der Waals surface area contributed by atoms with Crippen molar-refractivity contribution in [1.29, 1.82) is 0 Å². The van der Waals surface area contributed by atoms with E-state index in [1.807, 2.05) is 0 Å². The minimum Gasteiger partial charge on any atom is -0.508 e. The van der Waals surface area contributed by atoms with Crippen molar-refractivity contribution in [3.05, 3.63) is 95.1 Å². The molecule has 0 bridgehead atoms. The zero-order chi connectivity index (χ0) is 30.7. The Kier molecular flexibility index (Phi) is 13.2. The molecule has 4 rings (SSSR count). The average molecular weight is 655 g/mol. The molecule has 2 radical (unpaired) electrons. The first-order chi connectivity index (χ1) is 19.7. The Morgan fingerprint density at radius 3 is 1.11 bits per heavy atom. The Morgan fingerprint density at radius 2 is 0.818 bits per heavy atom. The number of phenols is 2. The van der Waals surface area contributed by atoms with Crippen LogP contribution in [0.3, 0.4) is 0 Å². The Balaban J connectivity index is 0.00000337. The Hall–Kier alpha value is -2.76. The maximum absolute atomic E-state index is 12.1. The number of benzene rings is 4. The summed E-state index contributed by atoms with van der Waals surface area (Å²) in [6.45, 7) is 3.35. The van der Waals surface area contributed by atoms with Gasteiger partial charge in [0.05, 0.1) is 22.7 Å². The summed E-state index contributed by atoms with van der Waals surface area (Å²) < 4.78 is 68.1. The van der Waals surface area contributed by atoms with Crippen LogP contribution >= 0.6 is 0 Å². The van der Waals surface area contributed by atoms with E-state index in [0.29, 0.717) is 22.5 Å². The smallest absolute Gasteiger partial charge is 0.295 e. The summed E-state index contributed by atoms with van der Waals surface area (Å²) in [4.78, 5) is -1.03. The van der Waals surface area contributed by atoms with Gasteiger partial charge in [0.1, 0.15) is 21.3 Å².